The number of amides is 2. The van der Waals surface area contributed by atoms with Crippen molar-refractivity contribution in [1.82, 2.24) is 10.6 Å². The molecule has 5 nitrogen and oxygen atoms in total. The van der Waals surface area contributed by atoms with Gasteiger partial charge in [-0.15, -0.1) is 0 Å². The third-order valence-electron chi connectivity index (χ3n) is 4.47. The van der Waals surface area contributed by atoms with Gasteiger partial charge >= 0.3 is 0 Å². The number of hydrogen-bond acceptors (Lipinski definition) is 3. The number of hydrogen-bond donors (Lipinski definition) is 3. The van der Waals surface area contributed by atoms with Crippen molar-refractivity contribution in [2.45, 2.75) is 40.0 Å². The van der Waals surface area contributed by atoms with Crippen LogP contribution in [0.15, 0.2) is 48.5 Å². The van der Waals surface area contributed by atoms with Crippen LogP contribution >= 0.6 is 12.2 Å². The van der Waals surface area contributed by atoms with Crippen LogP contribution in [0.2, 0.25) is 0 Å². The van der Waals surface area contributed by atoms with Gasteiger partial charge in [-0.1, -0.05) is 44.2 Å². The molecule has 2 aromatic carbocycles. The smallest absolute Gasteiger partial charge is 0.251 e. The van der Waals surface area contributed by atoms with Crippen molar-refractivity contribution in [3.05, 3.63) is 65.2 Å². The van der Waals surface area contributed by atoms with Crippen molar-refractivity contribution in [2.24, 2.45) is 5.92 Å². The van der Waals surface area contributed by atoms with E-state index in [1.165, 1.54) is 5.56 Å². The van der Waals surface area contributed by atoms with Gasteiger partial charge < -0.3 is 16.0 Å². The van der Waals surface area contributed by atoms with Crippen LogP contribution in [-0.2, 0) is 11.2 Å². The van der Waals surface area contributed by atoms with Gasteiger partial charge in [-0.25, -0.2) is 0 Å². The summed E-state index contributed by atoms with van der Waals surface area (Å²) in [7, 11) is 0. The molecule has 0 saturated carbocycles. The first kappa shape index (κ1) is 22.6. The maximum atomic E-state index is 12.6. The molecule has 0 bridgehead atoms. The Hall–Kier alpha value is -2.73. The topological polar surface area (TPSA) is 70.2 Å². The zero-order chi connectivity index (χ0) is 21.4. The van der Waals surface area contributed by atoms with Crippen molar-refractivity contribution in [1.29, 1.82) is 0 Å². The van der Waals surface area contributed by atoms with E-state index in [1.54, 1.807) is 24.3 Å². The fourth-order valence-corrected chi connectivity index (χ4v) is 3.17. The highest BCUT2D eigenvalue weighted by Gasteiger charge is 2.17. The lowest BCUT2D eigenvalue weighted by Gasteiger charge is -2.15. The molecular weight excluding hydrogens is 382 g/mol. The summed E-state index contributed by atoms with van der Waals surface area (Å²) in [6, 6.07) is 15.1. The van der Waals surface area contributed by atoms with Crippen molar-refractivity contribution >= 4 is 34.8 Å². The van der Waals surface area contributed by atoms with Crippen LogP contribution in [0.3, 0.4) is 0 Å². The molecule has 2 rings (SSSR count). The average Bonchev–Trinajstić information content (AvgIpc) is 2.67. The highest BCUT2D eigenvalue weighted by Crippen LogP contribution is 2.18. The lowest BCUT2D eigenvalue weighted by molar-refractivity contribution is -0.120. The van der Waals surface area contributed by atoms with Gasteiger partial charge in [-0.3, -0.25) is 9.59 Å². The van der Waals surface area contributed by atoms with Crippen molar-refractivity contribution < 1.29 is 9.59 Å². The molecule has 154 valence electrons. The highest BCUT2D eigenvalue weighted by molar-refractivity contribution is 7.80. The van der Waals surface area contributed by atoms with E-state index in [2.05, 4.69) is 41.9 Å². The third kappa shape index (κ3) is 6.98. The second-order valence-corrected chi connectivity index (χ2v) is 7.85. The quantitative estimate of drug-likeness (QED) is 0.596. The first-order chi connectivity index (χ1) is 13.8. The Bertz CT molecular complexity index is 863. The van der Waals surface area contributed by atoms with Gasteiger partial charge in [0.25, 0.3) is 5.91 Å². The molecule has 0 saturated heterocycles. The fraction of sp³-hybridized carbons (Fsp3) is 0.348. The highest BCUT2D eigenvalue weighted by atomic mass is 32.1. The molecule has 1 atom stereocenters. The number of benzene rings is 2. The Morgan fingerprint density at radius 2 is 1.72 bits per heavy atom. The zero-order valence-electron chi connectivity index (χ0n) is 17.4. The number of nitrogens with one attached hydrogen (secondary N) is 3. The normalized spacial score (nSPS) is 11.6. The summed E-state index contributed by atoms with van der Waals surface area (Å²) in [5.41, 5.74) is 3.38. The van der Waals surface area contributed by atoms with Crippen LogP contribution in [0.25, 0.3) is 0 Å². The van der Waals surface area contributed by atoms with Gasteiger partial charge in [0.2, 0.25) is 5.91 Å². The Labute approximate surface area is 178 Å². The predicted octanol–water partition coefficient (Wildman–Crippen LogP) is 4.25. The molecule has 6 heteroatoms. The molecule has 0 radical (unpaired) electrons. The van der Waals surface area contributed by atoms with Crippen LogP contribution in [0.5, 0.6) is 0 Å². The van der Waals surface area contributed by atoms with Gasteiger partial charge in [-0.05, 0) is 67.7 Å². The van der Waals surface area contributed by atoms with Crippen molar-refractivity contribution in [3.63, 3.8) is 0 Å². The molecule has 0 spiro atoms. The standard InChI is InChI=1S/C23H29N3O2S/c1-5-24-22(28)19-7-6-8-20(14-19)25-23(29)26-21(27)16(4)18-11-9-17(10-12-18)13-15(2)3/h6-12,14-16H,5,13H2,1-4H3,(H,24,28)(H2,25,26,27,29). The number of rotatable bonds is 7. The Balaban J connectivity index is 1.95. The molecule has 29 heavy (non-hydrogen) atoms. The van der Waals surface area contributed by atoms with Crippen molar-refractivity contribution in [2.75, 3.05) is 11.9 Å². The number of carbonyl (C=O) groups excluding carboxylic acids is 2. The molecule has 0 aromatic heterocycles. The maximum Gasteiger partial charge on any atom is 0.251 e. The third-order valence-corrected chi connectivity index (χ3v) is 4.68. The second-order valence-electron chi connectivity index (χ2n) is 7.44. The van der Waals surface area contributed by atoms with Gasteiger partial charge in [-0.2, -0.15) is 0 Å². The maximum absolute atomic E-state index is 12.6. The Kier molecular flexibility index (Phi) is 8.34. The van der Waals surface area contributed by atoms with Gasteiger partial charge in [0.1, 0.15) is 0 Å². The van der Waals surface area contributed by atoms with E-state index in [1.807, 2.05) is 26.0 Å². The monoisotopic (exact) mass is 411 g/mol. The minimum atomic E-state index is -0.329. The number of carbonyl (C=O) groups is 2. The first-order valence-corrected chi connectivity index (χ1v) is 10.3. The van der Waals surface area contributed by atoms with Crippen LogP contribution in [-0.4, -0.2) is 23.5 Å². The number of anilines is 1. The molecule has 0 aliphatic heterocycles. The van der Waals surface area contributed by atoms with E-state index in [-0.39, 0.29) is 22.8 Å². The van der Waals surface area contributed by atoms with E-state index in [4.69, 9.17) is 12.2 Å². The predicted molar refractivity (Wildman–Crippen MR) is 122 cm³/mol. The van der Waals surface area contributed by atoms with E-state index < -0.39 is 0 Å². The molecular formula is C23H29N3O2S. The van der Waals surface area contributed by atoms with Crippen molar-refractivity contribution in [3.8, 4) is 0 Å². The lowest BCUT2D eigenvalue weighted by Crippen LogP contribution is -2.36. The first-order valence-electron chi connectivity index (χ1n) is 9.89. The summed E-state index contributed by atoms with van der Waals surface area (Å²) in [6.45, 7) is 8.64. The van der Waals surface area contributed by atoms with Gasteiger partial charge in [0.15, 0.2) is 5.11 Å². The summed E-state index contributed by atoms with van der Waals surface area (Å²) in [4.78, 5) is 24.5. The fourth-order valence-electron chi connectivity index (χ4n) is 2.95. The molecule has 0 aliphatic rings. The summed E-state index contributed by atoms with van der Waals surface area (Å²) in [5, 5.41) is 8.65. The molecule has 2 aromatic rings. The summed E-state index contributed by atoms with van der Waals surface area (Å²) in [6.07, 6.45) is 1.02. The Morgan fingerprint density at radius 3 is 2.34 bits per heavy atom. The van der Waals surface area contributed by atoms with Crippen LogP contribution in [0, 0.1) is 5.92 Å². The average molecular weight is 412 g/mol. The molecule has 2 amide bonds. The summed E-state index contributed by atoms with van der Waals surface area (Å²) >= 11 is 5.27. The molecule has 3 N–H and O–H groups in total. The van der Waals surface area contributed by atoms with E-state index in [9.17, 15) is 9.59 Å². The molecule has 0 aliphatic carbocycles. The van der Waals surface area contributed by atoms with Crippen LogP contribution in [0.1, 0.15) is 55.1 Å². The van der Waals surface area contributed by atoms with E-state index in [0.29, 0.717) is 23.7 Å². The minimum absolute atomic E-state index is 0.152. The summed E-state index contributed by atoms with van der Waals surface area (Å²) in [5.74, 6) is -0.0688. The van der Waals surface area contributed by atoms with Crippen LogP contribution < -0.4 is 16.0 Å². The lowest BCUT2D eigenvalue weighted by atomic mass is 9.96. The van der Waals surface area contributed by atoms with Crippen LogP contribution in [0.4, 0.5) is 5.69 Å². The van der Waals surface area contributed by atoms with E-state index in [0.717, 1.165) is 12.0 Å². The molecule has 1 unspecified atom stereocenters. The Morgan fingerprint density at radius 1 is 1.03 bits per heavy atom. The van der Waals surface area contributed by atoms with E-state index >= 15 is 0 Å². The molecule has 0 fully saturated rings. The largest absolute Gasteiger partial charge is 0.352 e. The molecule has 0 heterocycles. The second kappa shape index (κ2) is 10.7. The number of thiocarbonyl (C=S) groups is 1. The minimum Gasteiger partial charge on any atom is -0.352 e. The van der Waals surface area contributed by atoms with Gasteiger partial charge in [0.05, 0.1) is 5.92 Å². The van der Waals surface area contributed by atoms with Gasteiger partial charge in [0, 0.05) is 17.8 Å². The summed E-state index contributed by atoms with van der Waals surface area (Å²) < 4.78 is 0. The SMILES string of the molecule is CCNC(=O)c1cccc(NC(=S)NC(=O)C(C)c2ccc(CC(C)C)cc2)c1. The zero-order valence-corrected chi connectivity index (χ0v) is 18.2.